The van der Waals surface area contributed by atoms with E-state index in [0.717, 1.165) is 59.8 Å². The van der Waals surface area contributed by atoms with Crippen LogP contribution in [0.15, 0.2) is 59.5 Å². The Bertz CT molecular complexity index is 2320. The molecule has 8 rings (SSSR count). The second kappa shape index (κ2) is 12.1. The Balaban J connectivity index is 1.13. The third-order valence-corrected chi connectivity index (χ3v) is 10.8. The van der Waals surface area contributed by atoms with E-state index in [1.54, 1.807) is 19.2 Å². The van der Waals surface area contributed by atoms with Crippen molar-refractivity contribution in [2.75, 3.05) is 25.5 Å². The monoisotopic (exact) mass is 715 g/mol. The lowest BCUT2D eigenvalue weighted by atomic mass is 9.86. The zero-order chi connectivity index (χ0) is 35.8. The molecule has 0 saturated carbocycles. The van der Waals surface area contributed by atoms with Crippen molar-refractivity contribution in [2.24, 2.45) is 7.05 Å². The van der Waals surface area contributed by atoms with Crippen molar-refractivity contribution in [3.63, 3.8) is 0 Å². The number of pyridine rings is 2. The number of aryl methyl sites for hydroxylation is 2. The van der Waals surface area contributed by atoms with Crippen LogP contribution in [-0.2, 0) is 24.4 Å². The fourth-order valence-corrected chi connectivity index (χ4v) is 8.15. The van der Waals surface area contributed by atoms with Crippen molar-refractivity contribution in [2.45, 2.75) is 50.4 Å². The molecule has 1 unspecified atom stereocenters. The number of alkyl halides is 3. The number of carbonyl (C=O) groups excluding carboxylic acids is 1. The van der Waals surface area contributed by atoms with Crippen molar-refractivity contribution >= 4 is 39.8 Å². The highest BCUT2D eigenvalue weighted by Crippen LogP contribution is 2.48. The molecular weight excluding hydrogens is 683 g/mol. The summed E-state index contributed by atoms with van der Waals surface area (Å²) in [7, 11) is 3.04. The molecule has 1 aliphatic carbocycles. The van der Waals surface area contributed by atoms with E-state index in [2.05, 4.69) is 31.7 Å². The van der Waals surface area contributed by atoms with Crippen LogP contribution >= 0.6 is 11.6 Å². The number of halogens is 4. The van der Waals surface area contributed by atoms with Crippen LogP contribution in [0.2, 0.25) is 5.02 Å². The number of fused-ring (bicyclic) bond motifs is 2. The first-order valence-corrected chi connectivity index (χ1v) is 17.0. The SMILES string of the molecule is COc1nc(-c2cccc(-c3cccc(Nc4nc(C(F)(F)F)cc5cnn(C)c(=O)c45)c3C)c2Cl)cc2c1C(N1CC3(CCC(=O)N3)C1)CC2. The molecule has 2 aliphatic heterocycles. The number of benzene rings is 2. The molecule has 51 heavy (non-hydrogen) atoms. The molecule has 5 aromatic rings. The molecule has 1 atom stereocenters. The number of anilines is 2. The number of rotatable bonds is 6. The molecular formula is C37H33ClF3N7O3. The molecule has 2 fully saturated rings. The van der Waals surface area contributed by atoms with Gasteiger partial charge in [-0.1, -0.05) is 41.9 Å². The number of nitrogens with zero attached hydrogens (tertiary/aromatic N) is 5. The molecule has 3 aromatic heterocycles. The fourth-order valence-electron chi connectivity index (χ4n) is 7.82. The van der Waals surface area contributed by atoms with Crippen LogP contribution in [0.1, 0.15) is 47.7 Å². The zero-order valence-corrected chi connectivity index (χ0v) is 28.7. The summed E-state index contributed by atoms with van der Waals surface area (Å²) in [6.45, 7) is 3.44. The van der Waals surface area contributed by atoms with Gasteiger partial charge in [-0.2, -0.15) is 18.3 Å². The summed E-state index contributed by atoms with van der Waals surface area (Å²) in [6.07, 6.45) is -0.312. The van der Waals surface area contributed by atoms with Gasteiger partial charge in [0.05, 0.1) is 34.9 Å². The molecule has 0 bridgehead atoms. The van der Waals surface area contributed by atoms with Crippen molar-refractivity contribution < 1.29 is 22.7 Å². The average molecular weight is 716 g/mol. The molecule has 2 aromatic carbocycles. The van der Waals surface area contributed by atoms with E-state index in [-0.39, 0.29) is 34.1 Å². The number of ether oxygens (including phenoxy) is 1. The van der Waals surface area contributed by atoms with E-state index in [1.165, 1.54) is 13.2 Å². The first kappa shape index (κ1) is 33.2. The van der Waals surface area contributed by atoms with Crippen LogP contribution < -0.4 is 20.9 Å². The number of aromatic nitrogens is 4. The van der Waals surface area contributed by atoms with Crippen LogP contribution in [-0.4, -0.2) is 56.3 Å². The highest BCUT2D eigenvalue weighted by atomic mass is 35.5. The Morgan fingerprint density at radius 1 is 1.04 bits per heavy atom. The molecule has 10 nitrogen and oxygen atoms in total. The predicted octanol–water partition coefficient (Wildman–Crippen LogP) is 6.74. The first-order chi connectivity index (χ1) is 24.4. The minimum absolute atomic E-state index is 0.0110. The summed E-state index contributed by atoms with van der Waals surface area (Å²) in [5, 5.41) is 10.5. The fraction of sp³-hybridized carbons (Fsp3) is 0.324. The zero-order valence-electron chi connectivity index (χ0n) is 28.0. The van der Waals surface area contributed by atoms with E-state index < -0.39 is 17.4 Å². The molecule has 14 heteroatoms. The molecule has 262 valence electrons. The summed E-state index contributed by atoms with van der Waals surface area (Å²) in [6, 6.07) is 14.0. The molecule has 3 aliphatic rings. The van der Waals surface area contributed by atoms with Gasteiger partial charge in [0.1, 0.15) is 11.5 Å². The van der Waals surface area contributed by atoms with Gasteiger partial charge in [0.2, 0.25) is 11.8 Å². The minimum Gasteiger partial charge on any atom is -0.481 e. The van der Waals surface area contributed by atoms with Gasteiger partial charge in [0.25, 0.3) is 5.56 Å². The number of likely N-dealkylation sites (tertiary alicyclic amines) is 1. The second-order valence-corrected chi connectivity index (χ2v) is 13.9. The van der Waals surface area contributed by atoms with Crippen LogP contribution in [0.3, 0.4) is 0 Å². The largest absolute Gasteiger partial charge is 0.481 e. The van der Waals surface area contributed by atoms with E-state index in [4.69, 9.17) is 21.3 Å². The van der Waals surface area contributed by atoms with Crippen molar-refractivity contribution in [1.29, 1.82) is 0 Å². The average Bonchev–Trinajstić information content (AvgIpc) is 3.69. The maximum atomic E-state index is 13.8. The highest BCUT2D eigenvalue weighted by Gasteiger charge is 2.51. The van der Waals surface area contributed by atoms with Crippen LogP contribution in [0.25, 0.3) is 33.2 Å². The number of hydrogen-bond donors (Lipinski definition) is 2. The second-order valence-electron chi connectivity index (χ2n) is 13.5. The molecule has 1 spiro atoms. The molecule has 5 heterocycles. The van der Waals surface area contributed by atoms with Crippen LogP contribution in [0, 0.1) is 6.92 Å². The third kappa shape index (κ3) is 5.59. The standard InChI is InChI=1S/C37H33ClF3N7O3/c1-19-22(6-5-9-25(19)43-33-31-21(16-42-47(2)35(31)50)15-28(45-33)37(39,40)41)23-7-4-8-24(32(23)38)26-14-20-10-11-27(30(20)34(44-26)51-3)48-17-36(18-48)13-12-29(49)46-36/h4-9,14-16,27H,10-13,17-18H2,1-3H3,(H,43,45)(H,46,49). The summed E-state index contributed by atoms with van der Waals surface area (Å²) in [5.74, 6) is 0.443. The number of nitrogens with one attached hydrogen (secondary N) is 2. The number of methoxy groups -OCH3 is 1. The Hall–Kier alpha value is -5.01. The van der Waals surface area contributed by atoms with Crippen molar-refractivity contribution in [3.8, 4) is 28.3 Å². The quantitative estimate of drug-likeness (QED) is 0.199. The third-order valence-electron chi connectivity index (χ3n) is 10.4. The lowest BCUT2D eigenvalue weighted by Gasteiger charge is -2.50. The van der Waals surface area contributed by atoms with E-state index >= 15 is 0 Å². The summed E-state index contributed by atoms with van der Waals surface area (Å²) < 4.78 is 48.4. The maximum absolute atomic E-state index is 13.8. The summed E-state index contributed by atoms with van der Waals surface area (Å²) >= 11 is 7.16. The van der Waals surface area contributed by atoms with E-state index in [1.807, 2.05) is 31.2 Å². The molecule has 2 N–H and O–H groups in total. The van der Waals surface area contributed by atoms with Gasteiger partial charge in [0, 0.05) is 60.4 Å². The first-order valence-electron chi connectivity index (χ1n) is 16.6. The van der Waals surface area contributed by atoms with Gasteiger partial charge >= 0.3 is 6.18 Å². The molecule has 1 amide bonds. The predicted molar refractivity (Wildman–Crippen MR) is 187 cm³/mol. The lowest BCUT2D eigenvalue weighted by Crippen LogP contribution is -2.67. The number of carbonyl (C=O) groups is 1. The Morgan fingerprint density at radius 2 is 1.78 bits per heavy atom. The van der Waals surface area contributed by atoms with Gasteiger partial charge in [0.15, 0.2) is 0 Å². The molecule has 2 saturated heterocycles. The maximum Gasteiger partial charge on any atom is 0.433 e. The van der Waals surface area contributed by atoms with E-state index in [9.17, 15) is 22.8 Å². The van der Waals surface area contributed by atoms with Crippen LogP contribution in [0.5, 0.6) is 5.88 Å². The van der Waals surface area contributed by atoms with E-state index in [0.29, 0.717) is 45.4 Å². The minimum atomic E-state index is -4.74. The van der Waals surface area contributed by atoms with Gasteiger partial charge in [-0.25, -0.2) is 14.6 Å². The molecule has 0 radical (unpaired) electrons. The smallest absolute Gasteiger partial charge is 0.433 e. The lowest BCUT2D eigenvalue weighted by molar-refractivity contribution is -0.141. The van der Waals surface area contributed by atoms with Crippen molar-refractivity contribution in [3.05, 3.63) is 92.5 Å². The summed E-state index contributed by atoms with van der Waals surface area (Å²) in [5.41, 5.74) is 4.30. The van der Waals surface area contributed by atoms with Gasteiger partial charge in [-0.15, -0.1) is 0 Å². The van der Waals surface area contributed by atoms with Crippen LogP contribution in [0.4, 0.5) is 24.7 Å². The highest BCUT2D eigenvalue weighted by molar-refractivity contribution is 6.36. The normalized spacial score (nSPS) is 18.2. The van der Waals surface area contributed by atoms with Gasteiger partial charge in [-0.05, 0) is 61.1 Å². The topological polar surface area (TPSA) is 114 Å². The summed E-state index contributed by atoms with van der Waals surface area (Å²) in [4.78, 5) is 36.1. The van der Waals surface area contributed by atoms with Crippen molar-refractivity contribution in [1.82, 2.24) is 30.0 Å². The number of amides is 1. The van der Waals surface area contributed by atoms with Gasteiger partial charge < -0.3 is 15.4 Å². The number of hydrogen-bond acceptors (Lipinski definition) is 8. The van der Waals surface area contributed by atoms with Gasteiger partial charge in [-0.3, -0.25) is 14.5 Å². The Morgan fingerprint density at radius 3 is 2.51 bits per heavy atom. The Kier molecular flexibility index (Phi) is 7.83. The Labute approximate surface area is 295 Å².